The van der Waals surface area contributed by atoms with Gasteiger partial charge in [-0.25, -0.2) is 8.78 Å². The second-order valence-corrected chi connectivity index (χ2v) is 8.21. The molecule has 0 saturated carbocycles. The smallest absolute Gasteiger partial charge is 0.303 e. The number of alkyl halides is 2. The molecule has 1 N–H and O–H groups in total. The maximum absolute atomic E-state index is 14.1. The molecule has 0 atom stereocenters. The van der Waals surface area contributed by atoms with Crippen molar-refractivity contribution in [3.8, 4) is 5.75 Å². The van der Waals surface area contributed by atoms with E-state index in [0.29, 0.717) is 29.2 Å². The third-order valence-electron chi connectivity index (χ3n) is 5.69. The third kappa shape index (κ3) is 5.39. The molecular weight excluding hydrogens is 410 g/mol. The van der Waals surface area contributed by atoms with Crippen LogP contribution in [0.2, 0.25) is 5.02 Å². The molecule has 3 rings (SSSR count). The predicted molar refractivity (Wildman–Crippen MR) is 115 cm³/mol. The first kappa shape index (κ1) is 22.3. The number of allylic oxidation sites excluding steroid dienone is 1. The number of aryl methyl sites for hydroxylation is 1. The van der Waals surface area contributed by atoms with Gasteiger partial charge >= 0.3 is 5.97 Å². The number of hydrogen-bond acceptors (Lipinski definition) is 2. The summed E-state index contributed by atoms with van der Waals surface area (Å²) in [7, 11) is 0. The minimum absolute atomic E-state index is 0.0624. The van der Waals surface area contributed by atoms with E-state index in [1.54, 1.807) is 18.2 Å². The Morgan fingerprint density at radius 2 is 1.83 bits per heavy atom. The van der Waals surface area contributed by atoms with E-state index < -0.39 is 11.9 Å². The predicted octanol–water partition coefficient (Wildman–Crippen LogP) is 6.63. The maximum Gasteiger partial charge on any atom is 0.303 e. The summed E-state index contributed by atoms with van der Waals surface area (Å²) < 4.78 is 34.2. The van der Waals surface area contributed by atoms with Crippen LogP contribution in [0.5, 0.6) is 5.75 Å². The Balaban J connectivity index is 1.83. The van der Waals surface area contributed by atoms with Gasteiger partial charge in [0.25, 0.3) is 5.92 Å². The minimum Gasteiger partial charge on any atom is -0.489 e. The van der Waals surface area contributed by atoms with E-state index in [4.69, 9.17) is 21.4 Å². The highest BCUT2D eigenvalue weighted by molar-refractivity contribution is 6.30. The Labute approximate surface area is 180 Å². The monoisotopic (exact) mass is 434 g/mol. The van der Waals surface area contributed by atoms with Crippen LogP contribution in [-0.2, 0) is 11.2 Å². The van der Waals surface area contributed by atoms with Crippen LogP contribution in [0.4, 0.5) is 8.78 Å². The van der Waals surface area contributed by atoms with Crippen LogP contribution in [0.25, 0.3) is 5.57 Å². The van der Waals surface area contributed by atoms with Crippen LogP contribution in [-0.4, -0.2) is 23.6 Å². The fourth-order valence-electron chi connectivity index (χ4n) is 3.82. The zero-order valence-corrected chi connectivity index (χ0v) is 17.9. The molecule has 0 aliphatic heterocycles. The summed E-state index contributed by atoms with van der Waals surface area (Å²) >= 11 is 5.96. The molecule has 0 unspecified atom stereocenters. The Hall–Kier alpha value is -2.40. The van der Waals surface area contributed by atoms with Gasteiger partial charge in [-0.1, -0.05) is 29.8 Å². The molecule has 160 valence electrons. The first-order valence-corrected chi connectivity index (χ1v) is 10.3. The normalized spacial score (nSPS) is 15.9. The highest BCUT2D eigenvalue weighted by Crippen LogP contribution is 2.41. The molecule has 0 heterocycles. The first-order chi connectivity index (χ1) is 14.2. The van der Waals surface area contributed by atoms with Crippen molar-refractivity contribution in [2.75, 3.05) is 6.61 Å². The highest BCUT2D eigenvalue weighted by Gasteiger charge is 2.35. The number of aliphatic carboxylic acids is 1. The van der Waals surface area contributed by atoms with Crippen molar-refractivity contribution < 1.29 is 23.4 Å². The van der Waals surface area contributed by atoms with Crippen LogP contribution in [0, 0.1) is 13.8 Å². The van der Waals surface area contributed by atoms with E-state index in [1.807, 2.05) is 32.0 Å². The van der Waals surface area contributed by atoms with Gasteiger partial charge in [-0.2, -0.15) is 0 Å². The number of ether oxygens (including phenoxy) is 1. The van der Waals surface area contributed by atoms with Gasteiger partial charge in [-0.15, -0.1) is 0 Å². The van der Waals surface area contributed by atoms with Crippen molar-refractivity contribution >= 4 is 23.1 Å². The van der Waals surface area contributed by atoms with Gasteiger partial charge in [0.05, 0.1) is 0 Å². The molecule has 1 aliphatic rings. The Bertz CT molecular complexity index is 965. The zero-order valence-electron chi connectivity index (χ0n) is 17.1. The second kappa shape index (κ2) is 9.17. The number of carboxylic acid groups (broad SMARTS) is 1. The minimum atomic E-state index is -2.74. The summed E-state index contributed by atoms with van der Waals surface area (Å²) in [6.45, 7) is 3.91. The van der Waals surface area contributed by atoms with Gasteiger partial charge in [0, 0.05) is 24.3 Å². The van der Waals surface area contributed by atoms with Gasteiger partial charge < -0.3 is 9.84 Å². The molecule has 0 aromatic heterocycles. The zero-order chi connectivity index (χ0) is 21.9. The van der Waals surface area contributed by atoms with Crippen molar-refractivity contribution in [2.45, 2.75) is 51.9 Å². The molecule has 2 aromatic rings. The summed E-state index contributed by atoms with van der Waals surface area (Å²) in [5, 5.41) is 9.50. The highest BCUT2D eigenvalue weighted by atomic mass is 35.5. The Kier molecular flexibility index (Phi) is 6.81. The SMILES string of the molecule is Cc1c(CCC(=O)O)ccc(OCC2=C(c3ccc(Cl)cc3)CCC(F)(F)C2)c1C. The van der Waals surface area contributed by atoms with E-state index in [0.717, 1.165) is 27.8 Å². The fourth-order valence-corrected chi connectivity index (χ4v) is 3.94. The van der Waals surface area contributed by atoms with Crippen LogP contribution in [0.1, 0.15) is 47.9 Å². The lowest BCUT2D eigenvalue weighted by atomic mass is 9.85. The molecule has 3 nitrogen and oxygen atoms in total. The Morgan fingerprint density at radius 1 is 1.13 bits per heavy atom. The topological polar surface area (TPSA) is 46.5 Å². The number of rotatable bonds is 7. The number of benzene rings is 2. The first-order valence-electron chi connectivity index (χ1n) is 9.94. The molecule has 6 heteroatoms. The summed E-state index contributed by atoms with van der Waals surface area (Å²) in [4.78, 5) is 10.8. The average molecular weight is 435 g/mol. The molecule has 30 heavy (non-hydrogen) atoms. The van der Waals surface area contributed by atoms with E-state index in [1.165, 1.54) is 0 Å². The number of carbonyl (C=O) groups is 1. The van der Waals surface area contributed by atoms with Crippen LogP contribution in [0.15, 0.2) is 42.0 Å². The molecule has 0 bridgehead atoms. The lowest BCUT2D eigenvalue weighted by molar-refractivity contribution is -0.136. The summed E-state index contributed by atoms with van der Waals surface area (Å²) in [6.07, 6.45) is 0.303. The van der Waals surface area contributed by atoms with Crippen molar-refractivity contribution in [2.24, 2.45) is 0 Å². The third-order valence-corrected chi connectivity index (χ3v) is 5.94. The molecule has 0 spiro atoms. The van der Waals surface area contributed by atoms with Gasteiger partial charge in [0.15, 0.2) is 0 Å². The van der Waals surface area contributed by atoms with E-state index in [-0.39, 0.29) is 25.9 Å². The van der Waals surface area contributed by atoms with Crippen molar-refractivity contribution in [1.82, 2.24) is 0 Å². The lowest BCUT2D eigenvalue weighted by Crippen LogP contribution is -2.24. The molecule has 2 aromatic carbocycles. The lowest BCUT2D eigenvalue weighted by Gasteiger charge is -2.28. The van der Waals surface area contributed by atoms with Crippen molar-refractivity contribution in [1.29, 1.82) is 0 Å². The van der Waals surface area contributed by atoms with Crippen LogP contribution < -0.4 is 4.74 Å². The quantitative estimate of drug-likeness (QED) is 0.532. The fraction of sp³-hybridized carbons (Fsp3) is 0.375. The summed E-state index contributed by atoms with van der Waals surface area (Å²) in [5.41, 5.74) is 5.20. The average Bonchev–Trinajstić information content (AvgIpc) is 2.68. The largest absolute Gasteiger partial charge is 0.489 e. The summed E-state index contributed by atoms with van der Waals surface area (Å²) in [5.74, 6) is -2.95. The molecule has 0 saturated heterocycles. The molecule has 0 fully saturated rings. The molecule has 1 aliphatic carbocycles. The molecular formula is C24H25ClF2O3. The van der Waals surface area contributed by atoms with E-state index in [2.05, 4.69) is 0 Å². The summed E-state index contributed by atoms with van der Waals surface area (Å²) in [6, 6.07) is 10.9. The molecule has 0 amide bonds. The second-order valence-electron chi connectivity index (χ2n) is 7.78. The van der Waals surface area contributed by atoms with Crippen LogP contribution >= 0.6 is 11.6 Å². The number of carboxylic acids is 1. The van der Waals surface area contributed by atoms with Crippen LogP contribution in [0.3, 0.4) is 0 Å². The van der Waals surface area contributed by atoms with Crippen molar-refractivity contribution in [3.63, 3.8) is 0 Å². The number of hydrogen-bond donors (Lipinski definition) is 1. The van der Waals surface area contributed by atoms with Gasteiger partial charge in [0.2, 0.25) is 0 Å². The number of halogens is 3. The van der Waals surface area contributed by atoms with Gasteiger partial charge in [-0.05, 0) is 78.3 Å². The standard InChI is InChI=1S/C24H25ClF2O3/c1-15-16(2)22(9-5-17(15)6-10-23(28)29)30-14-19-13-24(26,27)12-11-21(19)18-3-7-20(25)8-4-18/h3-5,7-9H,6,10-14H2,1-2H3,(H,28,29). The Morgan fingerprint density at radius 3 is 2.50 bits per heavy atom. The van der Waals surface area contributed by atoms with Crippen molar-refractivity contribution in [3.05, 3.63) is 69.2 Å². The van der Waals surface area contributed by atoms with E-state index in [9.17, 15) is 13.6 Å². The van der Waals surface area contributed by atoms with Gasteiger partial charge in [0.1, 0.15) is 12.4 Å². The molecule has 0 radical (unpaired) electrons. The van der Waals surface area contributed by atoms with Gasteiger partial charge in [-0.3, -0.25) is 4.79 Å². The maximum atomic E-state index is 14.1. The van der Waals surface area contributed by atoms with E-state index >= 15 is 0 Å².